The van der Waals surface area contributed by atoms with E-state index in [-0.39, 0.29) is 25.6 Å². The molecule has 0 saturated heterocycles. The number of likely N-dealkylation sites (N-methyl/N-ethyl adjacent to an activating group) is 1. The van der Waals surface area contributed by atoms with Crippen LogP contribution in [0.25, 0.3) is 0 Å². The lowest BCUT2D eigenvalue weighted by atomic mass is 10.0. The Morgan fingerprint density at radius 1 is 0.478 bits per heavy atom. The summed E-state index contributed by atoms with van der Waals surface area (Å²) in [4.78, 5) is 35.6. The monoisotopic (exact) mass is 965 g/mol. The van der Waals surface area contributed by atoms with Crippen LogP contribution in [-0.4, -0.2) is 74.9 Å². The molecule has 0 aliphatic carbocycles. The van der Waals surface area contributed by atoms with Crippen molar-refractivity contribution in [2.75, 3.05) is 47.5 Å². The van der Waals surface area contributed by atoms with E-state index in [1.54, 1.807) is 0 Å². The lowest BCUT2D eigenvalue weighted by Crippen LogP contribution is -2.37. The molecule has 1 N–H and O–H groups in total. The Bertz CT molecular complexity index is 1270. The molecule has 0 spiro atoms. The standard InChI is InChI=1S/C57H106NO8P/c1-6-8-10-12-14-16-18-20-22-24-26-28-29-30-32-34-36-38-40-42-44-46-48-50-57(60)66-55(54-65-67(61,62)64-52-51-58(3,4)5)53-63-56(59)49-47-45-43-41-39-37-35-33-31-27-25-23-21-19-17-15-13-11-9-7-2/h8,10,14,16,20,22,26,28,55H,6-7,9,11-13,15,17-19,21,23-25,27,29-54H2,1-5H3/p+1/b10-8-,16-14-,22-20-,28-26-. The molecule has 9 nitrogen and oxygen atoms in total. The van der Waals surface area contributed by atoms with Crippen LogP contribution in [0.2, 0.25) is 0 Å². The van der Waals surface area contributed by atoms with Gasteiger partial charge in [0.2, 0.25) is 0 Å². The largest absolute Gasteiger partial charge is 0.472 e. The fourth-order valence-electron chi connectivity index (χ4n) is 7.83. The minimum Gasteiger partial charge on any atom is -0.462 e. The summed E-state index contributed by atoms with van der Waals surface area (Å²) in [7, 11) is 1.48. The van der Waals surface area contributed by atoms with Gasteiger partial charge in [-0.25, -0.2) is 4.57 Å². The Morgan fingerprint density at radius 3 is 1.27 bits per heavy atom. The second-order valence-electron chi connectivity index (χ2n) is 19.9. The number of nitrogens with zero attached hydrogens (tertiary/aromatic N) is 1. The van der Waals surface area contributed by atoms with Gasteiger partial charge in [0.1, 0.15) is 19.8 Å². The molecule has 0 rings (SSSR count). The minimum atomic E-state index is -4.38. The van der Waals surface area contributed by atoms with Crippen LogP contribution < -0.4 is 0 Å². The molecule has 67 heavy (non-hydrogen) atoms. The second kappa shape index (κ2) is 49.0. The minimum absolute atomic E-state index is 0.0312. The van der Waals surface area contributed by atoms with Crippen molar-refractivity contribution < 1.29 is 42.1 Å². The fraction of sp³-hybridized carbons (Fsp3) is 0.825. The number of unbranched alkanes of at least 4 members (excludes halogenated alkanes) is 29. The molecule has 2 unspecified atom stereocenters. The van der Waals surface area contributed by atoms with Gasteiger partial charge in [0, 0.05) is 12.8 Å². The molecule has 0 radical (unpaired) electrons. The van der Waals surface area contributed by atoms with Gasteiger partial charge in [-0.05, 0) is 51.4 Å². The molecule has 10 heteroatoms. The Balaban J connectivity index is 4.19. The molecule has 0 fully saturated rings. The van der Waals surface area contributed by atoms with Crippen LogP contribution in [0.15, 0.2) is 48.6 Å². The van der Waals surface area contributed by atoms with Gasteiger partial charge in [-0.15, -0.1) is 0 Å². The van der Waals surface area contributed by atoms with E-state index < -0.39 is 26.5 Å². The van der Waals surface area contributed by atoms with Crippen LogP contribution in [-0.2, 0) is 32.7 Å². The molecule has 0 saturated carbocycles. The van der Waals surface area contributed by atoms with Gasteiger partial charge < -0.3 is 18.9 Å². The van der Waals surface area contributed by atoms with E-state index in [2.05, 4.69) is 62.5 Å². The third-order valence-corrected chi connectivity index (χ3v) is 13.1. The van der Waals surface area contributed by atoms with Gasteiger partial charge >= 0.3 is 19.8 Å². The molecule has 0 aliphatic heterocycles. The average Bonchev–Trinajstić information content (AvgIpc) is 3.29. The molecular formula is C57H107NO8P+. The van der Waals surface area contributed by atoms with Crippen LogP contribution in [0.5, 0.6) is 0 Å². The van der Waals surface area contributed by atoms with E-state index in [0.29, 0.717) is 23.9 Å². The normalized spacial score (nSPS) is 13.7. The van der Waals surface area contributed by atoms with Crippen molar-refractivity contribution in [1.29, 1.82) is 0 Å². The molecule has 0 aromatic rings. The summed E-state index contributed by atoms with van der Waals surface area (Å²) in [6.45, 7) is 4.35. The van der Waals surface area contributed by atoms with Crippen molar-refractivity contribution in [1.82, 2.24) is 0 Å². The number of carbonyl (C=O) groups excluding carboxylic acids is 2. The van der Waals surface area contributed by atoms with E-state index in [1.807, 2.05) is 21.1 Å². The first-order valence-electron chi connectivity index (χ1n) is 27.9. The highest BCUT2D eigenvalue weighted by atomic mass is 31.2. The molecule has 2 atom stereocenters. The van der Waals surface area contributed by atoms with Gasteiger partial charge in [0.05, 0.1) is 27.7 Å². The number of allylic oxidation sites excluding steroid dienone is 8. The summed E-state index contributed by atoms with van der Waals surface area (Å²) >= 11 is 0. The smallest absolute Gasteiger partial charge is 0.462 e. The van der Waals surface area contributed by atoms with Crippen molar-refractivity contribution in [3.05, 3.63) is 48.6 Å². The summed E-state index contributed by atoms with van der Waals surface area (Å²) < 4.78 is 34.5. The maximum absolute atomic E-state index is 12.8. The molecule has 0 heterocycles. The third kappa shape index (κ3) is 53.2. The van der Waals surface area contributed by atoms with Crippen LogP contribution in [0.1, 0.15) is 251 Å². The van der Waals surface area contributed by atoms with E-state index in [0.717, 1.165) is 70.6 Å². The predicted octanol–water partition coefficient (Wildman–Crippen LogP) is 17.0. The molecule has 0 amide bonds. The maximum Gasteiger partial charge on any atom is 0.472 e. The van der Waals surface area contributed by atoms with Crippen molar-refractivity contribution in [3.63, 3.8) is 0 Å². The number of ether oxygens (including phenoxy) is 2. The zero-order chi connectivity index (χ0) is 49.2. The predicted molar refractivity (Wildman–Crippen MR) is 284 cm³/mol. The maximum atomic E-state index is 12.8. The van der Waals surface area contributed by atoms with Crippen molar-refractivity contribution in [3.8, 4) is 0 Å². The Hall–Kier alpha value is -2.03. The molecule has 0 aromatic carbocycles. The first-order valence-corrected chi connectivity index (χ1v) is 29.4. The Kier molecular flexibility index (Phi) is 47.5. The van der Waals surface area contributed by atoms with Gasteiger partial charge in [-0.1, -0.05) is 236 Å². The van der Waals surface area contributed by atoms with Crippen LogP contribution in [0, 0.1) is 0 Å². The Labute approximate surface area is 414 Å². The molecule has 0 aromatic heterocycles. The van der Waals surface area contributed by atoms with Crippen molar-refractivity contribution >= 4 is 19.8 Å². The zero-order valence-electron chi connectivity index (χ0n) is 44.4. The number of hydrogen-bond acceptors (Lipinski definition) is 7. The highest BCUT2D eigenvalue weighted by Crippen LogP contribution is 2.43. The van der Waals surface area contributed by atoms with Gasteiger partial charge in [0.15, 0.2) is 6.10 Å². The van der Waals surface area contributed by atoms with E-state index >= 15 is 0 Å². The van der Waals surface area contributed by atoms with Gasteiger partial charge in [-0.3, -0.25) is 18.6 Å². The molecule has 392 valence electrons. The summed E-state index contributed by atoms with van der Waals surface area (Å²) in [6.07, 6.45) is 60.2. The Morgan fingerprint density at radius 2 is 0.851 bits per heavy atom. The quantitative estimate of drug-likeness (QED) is 0.0211. The summed E-state index contributed by atoms with van der Waals surface area (Å²) in [5.74, 6) is -0.792. The molecule has 0 aliphatic rings. The average molecular weight is 965 g/mol. The highest BCUT2D eigenvalue weighted by molar-refractivity contribution is 7.47. The van der Waals surface area contributed by atoms with Crippen LogP contribution >= 0.6 is 7.82 Å². The topological polar surface area (TPSA) is 108 Å². The van der Waals surface area contributed by atoms with E-state index in [9.17, 15) is 19.0 Å². The number of quaternary nitrogens is 1. The lowest BCUT2D eigenvalue weighted by Gasteiger charge is -2.24. The van der Waals surface area contributed by atoms with E-state index in [1.165, 1.54) is 148 Å². The van der Waals surface area contributed by atoms with Crippen LogP contribution in [0.4, 0.5) is 0 Å². The van der Waals surface area contributed by atoms with E-state index in [4.69, 9.17) is 18.5 Å². The van der Waals surface area contributed by atoms with Crippen LogP contribution in [0.3, 0.4) is 0 Å². The summed E-state index contributed by atoms with van der Waals surface area (Å²) in [5.41, 5.74) is 0. The van der Waals surface area contributed by atoms with Crippen molar-refractivity contribution in [2.24, 2.45) is 0 Å². The molecular weight excluding hydrogens is 858 g/mol. The molecule has 0 bridgehead atoms. The van der Waals surface area contributed by atoms with Crippen molar-refractivity contribution in [2.45, 2.75) is 258 Å². The first-order chi connectivity index (χ1) is 32.5. The number of phosphoric acid groups is 1. The number of carbonyl (C=O) groups is 2. The zero-order valence-corrected chi connectivity index (χ0v) is 45.3. The third-order valence-electron chi connectivity index (χ3n) is 12.1. The number of esters is 2. The number of phosphoric ester groups is 1. The number of rotatable bonds is 51. The second-order valence-corrected chi connectivity index (χ2v) is 21.4. The SMILES string of the molecule is CC/C=C\C/C=C\C/C=C\C/C=C\CCCCCCCCCCCCC(=O)OC(COC(=O)CCCCCCCCCCCCCCCCCCCCCC)COP(=O)(O)OCC[N+](C)(C)C. The van der Waals surface area contributed by atoms with Gasteiger partial charge in [-0.2, -0.15) is 0 Å². The van der Waals surface area contributed by atoms with Gasteiger partial charge in [0.25, 0.3) is 0 Å². The first kappa shape index (κ1) is 65.0. The number of hydrogen-bond donors (Lipinski definition) is 1. The summed E-state index contributed by atoms with van der Waals surface area (Å²) in [5, 5.41) is 0. The summed E-state index contributed by atoms with van der Waals surface area (Å²) in [6, 6.07) is 0. The fourth-order valence-corrected chi connectivity index (χ4v) is 8.57. The highest BCUT2D eigenvalue weighted by Gasteiger charge is 2.27. The lowest BCUT2D eigenvalue weighted by molar-refractivity contribution is -0.870.